The van der Waals surface area contributed by atoms with Crippen molar-refractivity contribution >= 4 is 28.5 Å². The summed E-state index contributed by atoms with van der Waals surface area (Å²) in [5, 5.41) is 15.0. The molecule has 1 aromatic heterocycles. The highest BCUT2D eigenvalue weighted by Gasteiger charge is 2.28. The van der Waals surface area contributed by atoms with Crippen molar-refractivity contribution in [3.63, 3.8) is 0 Å². The van der Waals surface area contributed by atoms with Crippen molar-refractivity contribution in [2.45, 2.75) is 52.2 Å². The summed E-state index contributed by atoms with van der Waals surface area (Å²) in [5.41, 5.74) is 2.56. The van der Waals surface area contributed by atoms with E-state index in [1.807, 2.05) is 24.3 Å². The zero-order valence-electron chi connectivity index (χ0n) is 17.9. The lowest BCUT2D eigenvalue weighted by Crippen LogP contribution is -2.40. The molecule has 1 aliphatic carbocycles. The molecule has 164 valence electrons. The molecule has 4 nitrogen and oxygen atoms in total. The molecule has 2 aromatic carbocycles. The van der Waals surface area contributed by atoms with E-state index in [0.717, 1.165) is 22.9 Å². The van der Waals surface area contributed by atoms with E-state index in [9.17, 15) is 14.3 Å². The molecule has 0 spiro atoms. The van der Waals surface area contributed by atoms with Crippen LogP contribution in [0, 0.1) is 17.7 Å². The highest BCUT2D eigenvalue weighted by Crippen LogP contribution is 2.32. The Labute approximate surface area is 187 Å². The molecular weight excluding hydrogens is 415 g/mol. The second-order valence-corrected chi connectivity index (χ2v) is 9.13. The number of halogens is 2. The number of nitrogens with zero attached hydrogens (tertiary/aromatic N) is 1. The van der Waals surface area contributed by atoms with Gasteiger partial charge in [-0.3, -0.25) is 0 Å². The van der Waals surface area contributed by atoms with Crippen LogP contribution in [0.5, 0.6) is 0 Å². The number of aromatic carboxylic acids is 1. The molecule has 3 atom stereocenters. The van der Waals surface area contributed by atoms with Gasteiger partial charge in [0.15, 0.2) is 0 Å². The van der Waals surface area contributed by atoms with E-state index in [0.29, 0.717) is 35.0 Å². The van der Waals surface area contributed by atoms with Crippen LogP contribution in [0.1, 0.15) is 54.7 Å². The average Bonchev–Trinajstić information content (AvgIpc) is 3.05. The number of benzene rings is 2. The Morgan fingerprint density at radius 2 is 2.00 bits per heavy atom. The van der Waals surface area contributed by atoms with E-state index in [4.69, 9.17) is 11.6 Å². The third-order valence-corrected chi connectivity index (χ3v) is 7.22. The first-order valence-corrected chi connectivity index (χ1v) is 11.2. The number of hydrogen-bond donors (Lipinski definition) is 2. The zero-order chi connectivity index (χ0) is 22.1. The molecule has 4 rings (SSSR count). The van der Waals surface area contributed by atoms with Crippen molar-refractivity contribution in [2.75, 3.05) is 0 Å². The quantitative estimate of drug-likeness (QED) is 0.485. The lowest BCUT2D eigenvalue weighted by Gasteiger charge is -2.34. The van der Waals surface area contributed by atoms with E-state index in [1.165, 1.54) is 25.0 Å². The normalized spacial score (nSPS) is 21.5. The molecule has 0 radical (unpaired) electrons. The molecule has 1 fully saturated rings. The van der Waals surface area contributed by atoms with Crippen LogP contribution in [0.25, 0.3) is 10.9 Å². The van der Waals surface area contributed by atoms with Gasteiger partial charge in [-0.25, -0.2) is 9.18 Å². The van der Waals surface area contributed by atoms with E-state index in [2.05, 4.69) is 19.2 Å². The largest absolute Gasteiger partial charge is 0.477 e. The molecule has 31 heavy (non-hydrogen) atoms. The van der Waals surface area contributed by atoms with Crippen molar-refractivity contribution in [3.05, 3.63) is 70.1 Å². The van der Waals surface area contributed by atoms with Gasteiger partial charge in [0.05, 0.1) is 0 Å². The fourth-order valence-electron chi connectivity index (χ4n) is 4.89. The fourth-order valence-corrected chi connectivity index (χ4v) is 5.11. The van der Waals surface area contributed by atoms with Crippen molar-refractivity contribution in [1.82, 2.24) is 9.88 Å². The van der Waals surface area contributed by atoms with Gasteiger partial charge in [0, 0.05) is 40.6 Å². The number of para-hydroxylation sites is 1. The number of carbonyl (C=O) groups is 1. The monoisotopic (exact) mass is 442 g/mol. The third kappa shape index (κ3) is 4.35. The summed E-state index contributed by atoms with van der Waals surface area (Å²) in [4.78, 5) is 12.4. The molecule has 0 amide bonds. The number of carboxylic acids is 1. The van der Waals surface area contributed by atoms with Gasteiger partial charge < -0.3 is 15.0 Å². The maximum atomic E-state index is 13.5. The molecule has 6 heteroatoms. The second kappa shape index (κ2) is 9.01. The molecule has 2 N–H and O–H groups in total. The SMILES string of the molecule is C[C@H]1[C@H](C)CCC[C@H]1NCc1c(C(=O)O)n(Cc2ccc(F)cc2Cl)c2ccccc12. The van der Waals surface area contributed by atoms with Gasteiger partial charge in [0.25, 0.3) is 0 Å². The number of nitrogens with one attached hydrogen (secondary N) is 1. The second-order valence-electron chi connectivity index (χ2n) is 8.73. The fraction of sp³-hybridized carbons (Fsp3) is 0.400. The summed E-state index contributed by atoms with van der Waals surface area (Å²) in [6, 6.07) is 12.3. The van der Waals surface area contributed by atoms with Crippen LogP contribution in [0.4, 0.5) is 4.39 Å². The first-order chi connectivity index (χ1) is 14.9. The lowest BCUT2D eigenvalue weighted by molar-refractivity contribution is 0.0684. The maximum Gasteiger partial charge on any atom is 0.352 e. The van der Waals surface area contributed by atoms with Crippen LogP contribution < -0.4 is 5.32 Å². The van der Waals surface area contributed by atoms with Crippen molar-refractivity contribution in [3.8, 4) is 0 Å². The minimum atomic E-state index is -0.976. The Bertz CT molecular complexity index is 1110. The highest BCUT2D eigenvalue weighted by molar-refractivity contribution is 6.31. The molecule has 0 unspecified atom stereocenters. The first-order valence-electron chi connectivity index (χ1n) is 10.9. The highest BCUT2D eigenvalue weighted by atomic mass is 35.5. The Hall–Kier alpha value is -2.37. The number of hydrogen-bond acceptors (Lipinski definition) is 2. The number of aromatic nitrogens is 1. The third-order valence-electron chi connectivity index (χ3n) is 6.87. The Morgan fingerprint density at radius 1 is 1.23 bits per heavy atom. The van der Waals surface area contributed by atoms with Crippen LogP contribution in [0.2, 0.25) is 5.02 Å². The molecule has 0 aliphatic heterocycles. The maximum absolute atomic E-state index is 13.5. The minimum Gasteiger partial charge on any atom is -0.477 e. The lowest BCUT2D eigenvalue weighted by atomic mass is 9.78. The van der Waals surface area contributed by atoms with Gasteiger partial charge in [-0.05, 0) is 42.0 Å². The molecule has 0 saturated heterocycles. The number of fused-ring (bicyclic) bond motifs is 1. The van der Waals surface area contributed by atoms with Crippen LogP contribution in [0.3, 0.4) is 0 Å². The number of carboxylic acid groups (broad SMARTS) is 1. The summed E-state index contributed by atoms with van der Waals surface area (Å²) in [7, 11) is 0. The smallest absolute Gasteiger partial charge is 0.352 e. The summed E-state index contributed by atoms with van der Waals surface area (Å²) < 4.78 is 15.3. The molecule has 1 aliphatic rings. The van der Waals surface area contributed by atoms with E-state index in [-0.39, 0.29) is 12.2 Å². The molecule has 1 saturated carbocycles. The first kappa shape index (κ1) is 21.8. The summed E-state index contributed by atoms with van der Waals surface area (Å²) in [6.45, 7) is 5.32. The molecule has 0 bridgehead atoms. The van der Waals surface area contributed by atoms with Gasteiger partial charge in [-0.1, -0.05) is 62.6 Å². The van der Waals surface area contributed by atoms with Crippen molar-refractivity contribution < 1.29 is 14.3 Å². The van der Waals surface area contributed by atoms with Crippen molar-refractivity contribution in [1.29, 1.82) is 0 Å². The van der Waals surface area contributed by atoms with Gasteiger partial charge in [0.2, 0.25) is 0 Å². The zero-order valence-corrected chi connectivity index (χ0v) is 18.6. The van der Waals surface area contributed by atoms with Gasteiger partial charge in [0.1, 0.15) is 11.5 Å². The van der Waals surface area contributed by atoms with E-state index < -0.39 is 11.8 Å². The van der Waals surface area contributed by atoms with Gasteiger partial charge in [-0.2, -0.15) is 0 Å². The van der Waals surface area contributed by atoms with Crippen LogP contribution >= 0.6 is 11.6 Å². The molecule has 3 aromatic rings. The van der Waals surface area contributed by atoms with Crippen molar-refractivity contribution in [2.24, 2.45) is 11.8 Å². The van der Waals surface area contributed by atoms with Crippen LogP contribution in [-0.2, 0) is 13.1 Å². The number of rotatable bonds is 6. The van der Waals surface area contributed by atoms with E-state index >= 15 is 0 Å². The summed E-state index contributed by atoms with van der Waals surface area (Å²) in [6.07, 6.45) is 3.55. The predicted molar refractivity (Wildman–Crippen MR) is 122 cm³/mol. The predicted octanol–water partition coefficient (Wildman–Crippen LogP) is 6.09. The van der Waals surface area contributed by atoms with Gasteiger partial charge in [-0.15, -0.1) is 0 Å². The summed E-state index contributed by atoms with van der Waals surface area (Å²) in [5.74, 6) is -0.179. The Balaban J connectivity index is 1.73. The average molecular weight is 443 g/mol. The Morgan fingerprint density at radius 3 is 2.74 bits per heavy atom. The standard InChI is InChI=1S/C25H28ClFN2O2/c1-15-6-5-8-22(16(15)2)28-13-20-19-7-3-4-9-23(19)29(24(20)25(30)31)14-17-10-11-18(27)12-21(17)26/h3-4,7,9-12,15-16,22,28H,5-6,8,13-14H2,1-2H3,(H,30,31)/t15-,16+,22-/m1/s1. The Kier molecular flexibility index (Phi) is 6.35. The minimum absolute atomic E-state index is 0.255. The molecular formula is C25H28ClFN2O2. The van der Waals surface area contributed by atoms with E-state index in [1.54, 1.807) is 10.6 Å². The van der Waals surface area contributed by atoms with Gasteiger partial charge >= 0.3 is 5.97 Å². The molecule has 1 heterocycles. The summed E-state index contributed by atoms with van der Waals surface area (Å²) >= 11 is 6.25. The topological polar surface area (TPSA) is 54.3 Å². The van der Waals surface area contributed by atoms with Crippen LogP contribution in [-0.4, -0.2) is 21.7 Å². The van der Waals surface area contributed by atoms with Crippen LogP contribution in [0.15, 0.2) is 42.5 Å².